The monoisotopic (exact) mass is 372 g/mol. The Bertz CT molecular complexity index is 688. The van der Waals surface area contributed by atoms with E-state index in [1.54, 1.807) is 14.2 Å². The predicted molar refractivity (Wildman–Crippen MR) is 105 cm³/mol. The molecule has 0 radical (unpaired) electrons. The van der Waals surface area contributed by atoms with E-state index in [0.717, 1.165) is 69.2 Å². The van der Waals surface area contributed by atoms with Crippen LogP contribution in [-0.2, 0) is 22.7 Å². The summed E-state index contributed by atoms with van der Waals surface area (Å²) in [5, 5.41) is 0. The highest BCUT2D eigenvalue weighted by Gasteiger charge is 2.48. The Hall–Kier alpha value is -1.59. The zero-order valence-electron chi connectivity index (χ0n) is 16.7. The Morgan fingerprint density at radius 3 is 2.78 bits per heavy atom. The lowest BCUT2D eigenvalue weighted by Crippen LogP contribution is -2.50. The van der Waals surface area contributed by atoms with Gasteiger partial charge in [-0.2, -0.15) is 0 Å². The quantitative estimate of drug-likeness (QED) is 0.738. The molecule has 3 aliphatic rings. The molecule has 2 aliphatic heterocycles. The lowest BCUT2D eigenvalue weighted by atomic mass is 9.78. The fourth-order valence-corrected chi connectivity index (χ4v) is 4.87. The maximum Gasteiger partial charge on any atom is 0.230 e. The number of rotatable bonds is 7. The first kappa shape index (κ1) is 18.8. The second-order valence-corrected chi connectivity index (χ2v) is 8.62. The number of benzene rings is 1. The summed E-state index contributed by atoms with van der Waals surface area (Å²) in [5.74, 6) is 2.08. The van der Waals surface area contributed by atoms with E-state index >= 15 is 0 Å². The summed E-state index contributed by atoms with van der Waals surface area (Å²) >= 11 is 0. The van der Waals surface area contributed by atoms with Gasteiger partial charge in [0, 0.05) is 38.9 Å². The molecule has 1 amide bonds. The van der Waals surface area contributed by atoms with Crippen molar-refractivity contribution in [2.45, 2.75) is 45.3 Å². The van der Waals surface area contributed by atoms with Gasteiger partial charge >= 0.3 is 0 Å². The molecule has 5 nitrogen and oxygen atoms in total. The second-order valence-electron chi connectivity index (χ2n) is 8.62. The van der Waals surface area contributed by atoms with Gasteiger partial charge in [0.15, 0.2) is 0 Å². The van der Waals surface area contributed by atoms with E-state index in [1.165, 1.54) is 18.4 Å². The van der Waals surface area contributed by atoms with Gasteiger partial charge in [-0.1, -0.05) is 6.07 Å². The van der Waals surface area contributed by atoms with Crippen molar-refractivity contribution < 1.29 is 14.3 Å². The molecule has 1 spiro atoms. The molecule has 148 valence electrons. The largest absolute Gasteiger partial charge is 0.496 e. The van der Waals surface area contributed by atoms with E-state index < -0.39 is 0 Å². The molecule has 0 N–H and O–H groups in total. The zero-order chi connectivity index (χ0) is 18.9. The average molecular weight is 373 g/mol. The van der Waals surface area contributed by atoms with Gasteiger partial charge in [-0.25, -0.2) is 0 Å². The lowest BCUT2D eigenvalue weighted by molar-refractivity contribution is -0.145. The average Bonchev–Trinajstić information content (AvgIpc) is 3.40. The Morgan fingerprint density at radius 2 is 2.04 bits per heavy atom. The summed E-state index contributed by atoms with van der Waals surface area (Å²) in [6.45, 7) is 5.32. The highest BCUT2D eigenvalue weighted by molar-refractivity contribution is 5.84. The van der Waals surface area contributed by atoms with Crippen molar-refractivity contribution in [2.75, 3.05) is 40.4 Å². The zero-order valence-corrected chi connectivity index (χ0v) is 16.7. The molecule has 0 bridgehead atoms. The lowest BCUT2D eigenvalue weighted by Gasteiger charge is -2.39. The summed E-state index contributed by atoms with van der Waals surface area (Å²) in [6.07, 6.45) is 5.84. The van der Waals surface area contributed by atoms with Crippen LogP contribution >= 0.6 is 0 Å². The van der Waals surface area contributed by atoms with Crippen LogP contribution in [0.3, 0.4) is 0 Å². The number of likely N-dealkylation sites (tertiary alicyclic amines) is 2. The molecule has 1 aliphatic carbocycles. The van der Waals surface area contributed by atoms with Crippen LogP contribution in [0.4, 0.5) is 0 Å². The van der Waals surface area contributed by atoms with E-state index in [9.17, 15) is 4.79 Å². The van der Waals surface area contributed by atoms with Gasteiger partial charge in [0.1, 0.15) is 5.75 Å². The summed E-state index contributed by atoms with van der Waals surface area (Å²) < 4.78 is 10.7. The second kappa shape index (κ2) is 7.80. The van der Waals surface area contributed by atoms with Crippen LogP contribution in [0.5, 0.6) is 5.75 Å². The number of nitrogens with zero attached hydrogens (tertiary/aromatic N) is 2. The molecular formula is C22H32N2O3. The minimum absolute atomic E-state index is 0.130. The van der Waals surface area contributed by atoms with Gasteiger partial charge in [0.05, 0.1) is 19.1 Å². The van der Waals surface area contributed by atoms with Crippen LogP contribution in [-0.4, -0.2) is 56.1 Å². The van der Waals surface area contributed by atoms with E-state index in [-0.39, 0.29) is 5.41 Å². The van der Waals surface area contributed by atoms with Crippen LogP contribution in [0.1, 0.15) is 43.2 Å². The molecule has 1 saturated carbocycles. The minimum Gasteiger partial charge on any atom is -0.496 e. The molecule has 3 fully saturated rings. The van der Waals surface area contributed by atoms with Crippen molar-refractivity contribution in [1.82, 2.24) is 9.80 Å². The van der Waals surface area contributed by atoms with Crippen LogP contribution in [0.2, 0.25) is 0 Å². The molecule has 27 heavy (non-hydrogen) atoms. The fourth-order valence-electron chi connectivity index (χ4n) is 4.87. The SMILES string of the molecule is COCc1cc(CN2CCC3(CCCN(CC4CC4)C3=O)C2)ccc1OC. The van der Waals surface area contributed by atoms with Gasteiger partial charge in [0.25, 0.3) is 0 Å². The molecule has 2 saturated heterocycles. The van der Waals surface area contributed by atoms with Crippen LogP contribution in [0.15, 0.2) is 18.2 Å². The Labute approximate surface area is 162 Å². The normalized spacial score (nSPS) is 26.1. The van der Waals surface area contributed by atoms with Crippen molar-refractivity contribution in [3.05, 3.63) is 29.3 Å². The van der Waals surface area contributed by atoms with Crippen molar-refractivity contribution in [3.63, 3.8) is 0 Å². The van der Waals surface area contributed by atoms with Crippen LogP contribution < -0.4 is 4.74 Å². The summed E-state index contributed by atoms with van der Waals surface area (Å²) in [6, 6.07) is 6.33. The molecule has 1 aromatic rings. The van der Waals surface area contributed by atoms with Crippen LogP contribution in [0, 0.1) is 11.3 Å². The van der Waals surface area contributed by atoms with Crippen molar-refractivity contribution in [2.24, 2.45) is 11.3 Å². The fraction of sp³-hybridized carbons (Fsp3) is 0.682. The highest BCUT2D eigenvalue weighted by atomic mass is 16.5. The third-order valence-electron chi connectivity index (χ3n) is 6.48. The predicted octanol–water partition coefficient (Wildman–Crippen LogP) is 3.07. The number of carbonyl (C=O) groups excluding carboxylic acids is 1. The molecule has 0 aromatic heterocycles. The highest BCUT2D eigenvalue weighted by Crippen LogP contribution is 2.42. The smallest absolute Gasteiger partial charge is 0.230 e. The number of piperidine rings is 1. The van der Waals surface area contributed by atoms with Gasteiger partial charge < -0.3 is 14.4 Å². The number of ether oxygens (including phenoxy) is 2. The summed E-state index contributed by atoms with van der Waals surface area (Å²) in [7, 11) is 3.40. The third-order valence-corrected chi connectivity index (χ3v) is 6.48. The number of hydrogen-bond donors (Lipinski definition) is 0. The Balaban J connectivity index is 1.41. The molecule has 5 heteroatoms. The Morgan fingerprint density at radius 1 is 1.19 bits per heavy atom. The van der Waals surface area contributed by atoms with Gasteiger partial charge in [0.2, 0.25) is 5.91 Å². The maximum absolute atomic E-state index is 13.2. The first-order chi connectivity index (χ1) is 13.1. The van der Waals surface area contributed by atoms with E-state index in [1.807, 2.05) is 6.07 Å². The Kier molecular flexibility index (Phi) is 5.42. The molecule has 2 heterocycles. The maximum atomic E-state index is 13.2. The van der Waals surface area contributed by atoms with E-state index in [4.69, 9.17) is 9.47 Å². The number of amides is 1. The number of carbonyl (C=O) groups is 1. The van der Waals surface area contributed by atoms with Crippen molar-refractivity contribution >= 4 is 5.91 Å². The van der Waals surface area contributed by atoms with Gasteiger partial charge in [-0.15, -0.1) is 0 Å². The molecule has 4 rings (SSSR count). The minimum atomic E-state index is -0.130. The van der Waals surface area contributed by atoms with Gasteiger partial charge in [-0.05, 0) is 62.3 Å². The number of hydrogen-bond acceptors (Lipinski definition) is 4. The number of methoxy groups -OCH3 is 2. The molecule has 1 unspecified atom stereocenters. The molecule has 1 atom stereocenters. The topological polar surface area (TPSA) is 42.0 Å². The summed E-state index contributed by atoms with van der Waals surface area (Å²) in [4.78, 5) is 17.8. The van der Waals surface area contributed by atoms with E-state index in [0.29, 0.717) is 12.5 Å². The van der Waals surface area contributed by atoms with Crippen molar-refractivity contribution in [1.29, 1.82) is 0 Å². The van der Waals surface area contributed by atoms with Crippen LogP contribution in [0.25, 0.3) is 0 Å². The summed E-state index contributed by atoms with van der Waals surface area (Å²) in [5.41, 5.74) is 2.21. The first-order valence-corrected chi connectivity index (χ1v) is 10.3. The van der Waals surface area contributed by atoms with E-state index in [2.05, 4.69) is 21.9 Å². The van der Waals surface area contributed by atoms with Gasteiger partial charge in [-0.3, -0.25) is 9.69 Å². The van der Waals surface area contributed by atoms with Crippen molar-refractivity contribution in [3.8, 4) is 5.75 Å². The third kappa shape index (κ3) is 3.99. The standard InChI is InChI=1S/C22H32N2O3/c1-26-15-19-12-18(6-7-20(19)27-2)13-23-11-9-22(16-23)8-3-10-24(21(22)25)14-17-4-5-17/h6-7,12,17H,3-5,8-11,13-16H2,1-2H3. The molecular weight excluding hydrogens is 340 g/mol. The molecule has 1 aromatic carbocycles. The first-order valence-electron chi connectivity index (χ1n) is 10.3.